The van der Waals surface area contributed by atoms with Gasteiger partial charge in [-0.1, -0.05) is 32.9 Å². The molecule has 3 unspecified atom stereocenters. The maximum absolute atomic E-state index is 14.0. The number of hydrogen-bond donors (Lipinski definition) is 3. The van der Waals surface area contributed by atoms with Crippen LogP contribution in [0, 0.1) is 17.2 Å². The van der Waals surface area contributed by atoms with Gasteiger partial charge in [0, 0.05) is 38.1 Å². The molecule has 9 heteroatoms. The first-order valence-corrected chi connectivity index (χ1v) is 12.5. The minimum atomic E-state index is -0.529. The fourth-order valence-electron chi connectivity index (χ4n) is 4.39. The van der Waals surface area contributed by atoms with Gasteiger partial charge < -0.3 is 30.3 Å². The van der Waals surface area contributed by atoms with Crippen LogP contribution in [0.3, 0.4) is 0 Å². The monoisotopic (exact) mass is 494 g/mol. The second-order valence-corrected chi connectivity index (χ2v) is 10.4. The average Bonchev–Trinajstić information content (AvgIpc) is 2.82. The number of likely N-dealkylation sites (N-methyl/N-ethyl adjacent to an activating group) is 1. The van der Waals surface area contributed by atoms with Crippen LogP contribution in [-0.2, 0) is 9.47 Å². The lowest BCUT2D eigenvalue weighted by molar-refractivity contribution is -0.00879. The molecule has 1 fully saturated rings. The number of amides is 3. The lowest BCUT2D eigenvalue weighted by Gasteiger charge is -2.38. The van der Waals surface area contributed by atoms with Crippen molar-refractivity contribution in [2.45, 2.75) is 58.6 Å². The van der Waals surface area contributed by atoms with Crippen LogP contribution >= 0.6 is 0 Å². The largest absolute Gasteiger partial charge is 0.453 e. The fraction of sp³-hybridized carbons (Fsp3) is 0.692. The lowest BCUT2D eigenvalue weighted by atomic mass is 9.88. The minimum absolute atomic E-state index is 0.00625. The molecule has 0 aromatic heterocycles. The van der Waals surface area contributed by atoms with Gasteiger partial charge in [-0.25, -0.2) is 14.0 Å². The third-order valence-corrected chi connectivity index (χ3v) is 6.23. The van der Waals surface area contributed by atoms with Gasteiger partial charge in [-0.05, 0) is 55.8 Å². The van der Waals surface area contributed by atoms with Crippen LogP contribution in [0.4, 0.5) is 14.0 Å². The number of alkyl carbamates (subject to hydrolysis) is 1. The van der Waals surface area contributed by atoms with Crippen LogP contribution < -0.4 is 16.0 Å². The van der Waals surface area contributed by atoms with Crippen LogP contribution in [0.2, 0.25) is 0 Å². The molecule has 1 heterocycles. The van der Waals surface area contributed by atoms with E-state index in [2.05, 4.69) is 41.5 Å². The Labute approximate surface area is 209 Å². The second kappa shape index (κ2) is 14.2. The van der Waals surface area contributed by atoms with E-state index >= 15 is 0 Å². The number of rotatable bonds is 11. The number of ether oxygens (including phenoxy) is 2. The summed E-state index contributed by atoms with van der Waals surface area (Å²) in [6.07, 6.45) is 2.69. The topological polar surface area (TPSA) is 91.9 Å². The summed E-state index contributed by atoms with van der Waals surface area (Å²) in [5, 5.41) is 8.98. The Morgan fingerprint density at radius 3 is 2.71 bits per heavy atom. The molecule has 3 atom stereocenters. The number of hydrogen-bond acceptors (Lipinski definition) is 5. The molecule has 1 aliphatic heterocycles. The van der Waals surface area contributed by atoms with Gasteiger partial charge in [0.05, 0.1) is 19.8 Å². The van der Waals surface area contributed by atoms with E-state index in [1.54, 1.807) is 6.07 Å². The van der Waals surface area contributed by atoms with E-state index < -0.39 is 12.2 Å². The van der Waals surface area contributed by atoms with E-state index in [1.807, 2.05) is 18.0 Å². The molecule has 3 amide bonds. The van der Waals surface area contributed by atoms with Gasteiger partial charge in [-0.3, -0.25) is 0 Å². The van der Waals surface area contributed by atoms with Crippen molar-refractivity contribution in [3.8, 4) is 0 Å². The van der Waals surface area contributed by atoms with Crippen LogP contribution in [0.25, 0.3) is 0 Å². The number of likely N-dealkylation sites (tertiary alicyclic amines) is 1. The third kappa shape index (κ3) is 10.4. The molecular formula is C26H43FN4O4. The van der Waals surface area contributed by atoms with Crippen molar-refractivity contribution >= 4 is 12.1 Å². The van der Waals surface area contributed by atoms with E-state index in [4.69, 9.17) is 4.74 Å². The summed E-state index contributed by atoms with van der Waals surface area (Å²) in [5.41, 5.74) is 0.930. The third-order valence-electron chi connectivity index (χ3n) is 6.23. The van der Waals surface area contributed by atoms with Gasteiger partial charge in [0.1, 0.15) is 5.82 Å². The van der Waals surface area contributed by atoms with E-state index in [-0.39, 0.29) is 42.4 Å². The molecule has 0 aliphatic carbocycles. The van der Waals surface area contributed by atoms with Crippen molar-refractivity contribution < 1.29 is 23.5 Å². The van der Waals surface area contributed by atoms with Gasteiger partial charge >= 0.3 is 12.1 Å². The van der Waals surface area contributed by atoms with Crippen LogP contribution in [0.5, 0.6) is 0 Å². The zero-order valence-electron chi connectivity index (χ0n) is 21.9. The highest BCUT2D eigenvalue weighted by Gasteiger charge is 2.32. The Morgan fingerprint density at radius 2 is 2.06 bits per heavy atom. The molecule has 35 heavy (non-hydrogen) atoms. The number of carbonyl (C=O) groups is 2. The van der Waals surface area contributed by atoms with Gasteiger partial charge in [-0.15, -0.1) is 0 Å². The number of methoxy groups -OCH3 is 1. The number of carbonyl (C=O) groups excluding carboxylic acids is 2. The Bertz CT molecular complexity index is 802. The van der Waals surface area contributed by atoms with Gasteiger partial charge in [-0.2, -0.15) is 0 Å². The summed E-state index contributed by atoms with van der Waals surface area (Å²) < 4.78 is 24.7. The molecule has 0 saturated carbocycles. The number of nitrogens with one attached hydrogen (secondary N) is 3. The summed E-state index contributed by atoms with van der Waals surface area (Å²) >= 11 is 0. The molecule has 0 spiro atoms. The van der Waals surface area contributed by atoms with Crippen molar-refractivity contribution in [1.82, 2.24) is 20.9 Å². The molecule has 198 valence electrons. The predicted octanol–water partition coefficient (Wildman–Crippen LogP) is 4.08. The normalized spacial score (nSPS) is 18.0. The fourth-order valence-corrected chi connectivity index (χ4v) is 4.39. The second-order valence-electron chi connectivity index (χ2n) is 10.4. The van der Waals surface area contributed by atoms with Gasteiger partial charge in [0.25, 0.3) is 0 Å². The summed E-state index contributed by atoms with van der Waals surface area (Å²) in [6.45, 7) is 9.03. The lowest BCUT2D eigenvalue weighted by Crippen LogP contribution is -2.51. The molecular weight excluding hydrogens is 451 g/mol. The van der Waals surface area contributed by atoms with Crippen molar-refractivity contribution in [3.05, 3.63) is 35.6 Å². The molecule has 1 saturated heterocycles. The first kappa shape index (κ1) is 28.8. The Hall–Kier alpha value is -2.39. The number of piperidine rings is 1. The smallest absolute Gasteiger partial charge is 0.406 e. The van der Waals surface area contributed by atoms with Gasteiger partial charge in [0.15, 0.2) is 0 Å². The Morgan fingerprint density at radius 1 is 1.29 bits per heavy atom. The first-order valence-electron chi connectivity index (χ1n) is 12.5. The number of benzene rings is 1. The zero-order chi connectivity index (χ0) is 25.8. The minimum Gasteiger partial charge on any atom is -0.453 e. The molecule has 0 bridgehead atoms. The van der Waals surface area contributed by atoms with E-state index in [0.717, 1.165) is 31.2 Å². The molecule has 8 nitrogen and oxygen atoms in total. The summed E-state index contributed by atoms with van der Waals surface area (Å²) in [7, 11) is 3.20. The van der Waals surface area contributed by atoms with Crippen molar-refractivity contribution in [2.24, 2.45) is 11.3 Å². The maximum atomic E-state index is 14.0. The van der Waals surface area contributed by atoms with Crippen molar-refractivity contribution in [3.63, 3.8) is 0 Å². The van der Waals surface area contributed by atoms with E-state index in [0.29, 0.717) is 19.6 Å². The molecule has 2 rings (SSSR count). The zero-order valence-corrected chi connectivity index (χ0v) is 21.9. The molecule has 0 radical (unpaired) electrons. The maximum Gasteiger partial charge on any atom is 0.406 e. The molecule has 1 aliphatic rings. The molecule has 1 aromatic rings. The average molecular weight is 495 g/mol. The summed E-state index contributed by atoms with van der Waals surface area (Å²) in [5.74, 6) is -0.324. The first-order chi connectivity index (χ1) is 16.6. The number of nitrogens with zero attached hydrogens (tertiary/aromatic N) is 1. The summed E-state index contributed by atoms with van der Waals surface area (Å²) in [4.78, 5) is 26.3. The summed E-state index contributed by atoms with van der Waals surface area (Å²) in [6, 6.07) is 6.36. The van der Waals surface area contributed by atoms with Crippen LogP contribution in [0.1, 0.15) is 58.1 Å². The Kier molecular flexibility index (Phi) is 11.7. The highest BCUT2D eigenvalue weighted by Crippen LogP contribution is 2.33. The van der Waals surface area contributed by atoms with Crippen LogP contribution in [0.15, 0.2) is 24.3 Å². The Balaban J connectivity index is 2.05. The predicted molar refractivity (Wildman–Crippen MR) is 135 cm³/mol. The standard InChI is InChI=1S/C26H43FN4O4/c1-26(2,3)12-11-22(17-28-4)30-24(32)31-14-7-9-20(18-31)23(19-8-6-10-21(27)16-19)35-15-13-29-25(33)34-5/h6,8,10,16,20,22-23,28H,7,9,11-15,17-18H2,1-5H3,(H,29,33)(H,30,32). The van der Waals surface area contributed by atoms with Gasteiger partial charge in [0.2, 0.25) is 0 Å². The molecule has 3 N–H and O–H groups in total. The highest BCUT2D eigenvalue weighted by molar-refractivity contribution is 5.74. The SMILES string of the molecule is CNCC(CCC(C)(C)C)NC(=O)N1CCCC(C(OCCNC(=O)OC)c2cccc(F)c2)C1. The number of urea groups is 1. The van der Waals surface area contributed by atoms with Crippen molar-refractivity contribution in [2.75, 3.05) is 46.9 Å². The quantitative estimate of drug-likeness (QED) is 0.403. The van der Waals surface area contributed by atoms with E-state index in [1.165, 1.54) is 19.2 Å². The number of halogens is 1. The highest BCUT2D eigenvalue weighted by atomic mass is 19.1. The molecule has 1 aromatic carbocycles. The van der Waals surface area contributed by atoms with Crippen molar-refractivity contribution in [1.29, 1.82) is 0 Å². The van der Waals surface area contributed by atoms with Crippen LogP contribution in [-0.4, -0.2) is 70.0 Å². The van der Waals surface area contributed by atoms with E-state index in [9.17, 15) is 14.0 Å².